The lowest BCUT2D eigenvalue weighted by molar-refractivity contribution is -0.136. The van der Waals surface area contributed by atoms with E-state index in [9.17, 15) is 4.79 Å². The summed E-state index contributed by atoms with van der Waals surface area (Å²) in [5.74, 6) is -0.955. The van der Waals surface area contributed by atoms with Crippen LogP contribution in [-0.2, 0) is 9.53 Å². The van der Waals surface area contributed by atoms with Crippen LogP contribution in [-0.4, -0.2) is 17.7 Å². The second-order valence-corrected chi connectivity index (χ2v) is 3.77. The van der Waals surface area contributed by atoms with Crippen molar-refractivity contribution in [1.82, 2.24) is 0 Å². The number of benzene rings is 1. The van der Waals surface area contributed by atoms with E-state index >= 15 is 0 Å². The van der Waals surface area contributed by atoms with Gasteiger partial charge >= 0.3 is 5.97 Å². The summed E-state index contributed by atoms with van der Waals surface area (Å²) in [5.41, 5.74) is 2.79. The molecule has 0 bridgehead atoms. The van der Waals surface area contributed by atoms with E-state index in [0.29, 0.717) is 13.0 Å². The van der Waals surface area contributed by atoms with Gasteiger partial charge in [0.1, 0.15) is 0 Å². The molecule has 0 aliphatic carbocycles. The Labute approximate surface area is 102 Å². The van der Waals surface area contributed by atoms with Gasteiger partial charge in [-0.15, -0.1) is 0 Å². The summed E-state index contributed by atoms with van der Waals surface area (Å²) in [6.07, 6.45) is 0.630. The van der Waals surface area contributed by atoms with Crippen molar-refractivity contribution in [3.05, 3.63) is 41.2 Å². The van der Waals surface area contributed by atoms with Crippen molar-refractivity contribution in [3.8, 4) is 0 Å². The lowest BCUT2D eigenvalue weighted by Crippen LogP contribution is -2.08. The number of aryl methyl sites for hydroxylation is 1. The van der Waals surface area contributed by atoms with Crippen LogP contribution in [0, 0.1) is 6.92 Å². The van der Waals surface area contributed by atoms with Crippen molar-refractivity contribution in [2.45, 2.75) is 27.2 Å². The number of rotatable bonds is 5. The van der Waals surface area contributed by atoms with E-state index in [1.165, 1.54) is 0 Å². The van der Waals surface area contributed by atoms with Gasteiger partial charge in [0.15, 0.2) is 0 Å². The standard InChI is InChI=1S/C14H18O3/c1-4-12(13(14(15)16)17-5-2)11-8-6-10(3)7-9-11/h6-9H,4-5H2,1-3H3,(H,15,16). The van der Waals surface area contributed by atoms with Crippen LogP contribution in [0.1, 0.15) is 31.4 Å². The van der Waals surface area contributed by atoms with Crippen LogP contribution in [0.15, 0.2) is 30.0 Å². The predicted molar refractivity (Wildman–Crippen MR) is 67.7 cm³/mol. The van der Waals surface area contributed by atoms with Gasteiger partial charge in [-0.2, -0.15) is 0 Å². The van der Waals surface area contributed by atoms with Crippen molar-refractivity contribution in [2.24, 2.45) is 0 Å². The number of aliphatic carboxylic acids is 1. The zero-order chi connectivity index (χ0) is 12.8. The molecule has 0 atom stereocenters. The fourth-order valence-corrected chi connectivity index (χ4v) is 1.67. The van der Waals surface area contributed by atoms with E-state index in [1.54, 1.807) is 6.92 Å². The Kier molecular flexibility index (Phi) is 4.76. The van der Waals surface area contributed by atoms with Crippen LogP contribution in [0.25, 0.3) is 5.57 Å². The molecule has 0 saturated heterocycles. The topological polar surface area (TPSA) is 46.5 Å². The summed E-state index contributed by atoms with van der Waals surface area (Å²) in [7, 11) is 0. The summed E-state index contributed by atoms with van der Waals surface area (Å²) in [4.78, 5) is 11.1. The predicted octanol–water partition coefficient (Wildman–Crippen LogP) is 3.24. The van der Waals surface area contributed by atoms with Gasteiger partial charge in [0, 0.05) is 5.57 Å². The molecule has 0 heterocycles. The van der Waals surface area contributed by atoms with E-state index in [1.807, 2.05) is 38.1 Å². The number of ether oxygens (including phenoxy) is 1. The number of carbonyl (C=O) groups is 1. The van der Waals surface area contributed by atoms with Gasteiger partial charge in [-0.3, -0.25) is 0 Å². The third kappa shape index (κ3) is 3.34. The normalized spacial score (nSPS) is 11.9. The van der Waals surface area contributed by atoms with Crippen LogP contribution in [0.2, 0.25) is 0 Å². The molecule has 0 unspecified atom stereocenters. The van der Waals surface area contributed by atoms with Gasteiger partial charge in [-0.05, 0) is 25.8 Å². The van der Waals surface area contributed by atoms with E-state index < -0.39 is 5.97 Å². The van der Waals surface area contributed by atoms with Crippen LogP contribution in [0.5, 0.6) is 0 Å². The molecule has 3 heteroatoms. The van der Waals surface area contributed by atoms with Crippen LogP contribution < -0.4 is 0 Å². The first kappa shape index (κ1) is 13.3. The molecule has 3 nitrogen and oxygen atoms in total. The van der Waals surface area contributed by atoms with E-state index in [-0.39, 0.29) is 5.76 Å². The van der Waals surface area contributed by atoms with Crippen LogP contribution >= 0.6 is 0 Å². The van der Waals surface area contributed by atoms with Crippen molar-refractivity contribution in [2.75, 3.05) is 6.61 Å². The molecule has 0 fully saturated rings. The molecule has 0 aliphatic heterocycles. The van der Waals surface area contributed by atoms with Crippen molar-refractivity contribution in [3.63, 3.8) is 0 Å². The number of hydrogen-bond donors (Lipinski definition) is 1. The molecule has 1 aromatic carbocycles. The minimum atomic E-state index is -1.01. The number of hydrogen-bond acceptors (Lipinski definition) is 2. The molecule has 0 radical (unpaired) electrons. The highest BCUT2D eigenvalue weighted by Gasteiger charge is 2.15. The molecular weight excluding hydrogens is 216 g/mol. The number of allylic oxidation sites excluding steroid dienone is 1. The maximum atomic E-state index is 11.1. The fourth-order valence-electron chi connectivity index (χ4n) is 1.67. The summed E-state index contributed by atoms with van der Waals surface area (Å²) in [5, 5.41) is 9.14. The summed E-state index contributed by atoms with van der Waals surface area (Å²) >= 11 is 0. The lowest BCUT2D eigenvalue weighted by atomic mass is 10.0. The van der Waals surface area contributed by atoms with Crippen LogP contribution in [0.4, 0.5) is 0 Å². The summed E-state index contributed by atoms with van der Waals surface area (Å²) in [6, 6.07) is 7.79. The maximum Gasteiger partial charge on any atom is 0.371 e. The zero-order valence-corrected chi connectivity index (χ0v) is 10.5. The average molecular weight is 234 g/mol. The number of carboxylic acids is 1. The molecule has 0 amide bonds. The Morgan fingerprint density at radius 2 is 1.82 bits per heavy atom. The third-order valence-electron chi connectivity index (χ3n) is 2.51. The smallest absolute Gasteiger partial charge is 0.371 e. The minimum Gasteiger partial charge on any atom is -0.487 e. The van der Waals surface area contributed by atoms with Gasteiger partial charge < -0.3 is 9.84 Å². The lowest BCUT2D eigenvalue weighted by Gasteiger charge is -2.11. The van der Waals surface area contributed by atoms with Gasteiger partial charge in [-0.25, -0.2) is 4.79 Å². The Morgan fingerprint density at radius 1 is 1.24 bits per heavy atom. The van der Waals surface area contributed by atoms with Crippen molar-refractivity contribution < 1.29 is 14.6 Å². The first-order valence-corrected chi connectivity index (χ1v) is 5.76. The SMILES string of the molecule is CCOC(C(=O)O)=C(CC)c1ccc(C)cc1. The second-order valence-electron chi connectivity index (χ2n) is 3.77. The maximum absolute atomic E-state index is 11.1. The van der Waals surface area contributed by atoms with Crippen LogP contribution in [0.3, 0.4) is 0 Å². The van der Waals surface area contributed by atoms with Crippen molar-refractivity contribution >= 4 is 11.5 Å². The monoisotopic (exact) mass is 234 g/mol. The molecule has 0 aromatic heterocycles. The van der Waals surface area contributed by atoms with Gasteiger partial charge in [0.05, 0.1) is 6.61 Å². The molecule has 1 rings (SSSR count). The minimum absolute atomic E-state index is 0.0545. The quantitative estimate of drug-likeness (QED) is 0.628. The molecule has 0 aliphatic rings. The highest BCUT2D eigenvalue weighted by molar-refractivity contribution is 5.94. The van der Waals surface area contributed by atoms with Crippen molar-refractivity contribution in [1.29, 1.82) is 0 Å². The average Bonchev–Trinajstić information content (AvgIpc) is 2.31. The highest BCUT2D eigenvalue weighted by Crippen LogP contribution is 2.23. The molecule has 0 saturated carbocycles. The highest BCUT2D eigenvalue weighted by atomic mass is 16.5. The largest absolute Gasteiger partial charge is 0.487 e. The first-order chi connectivity index (χ1) is 8.10. The fraction of sp³-hybridized carbons (Fsp3) is 0.357. The van der Waals surface area contributed by atoms with E-state index in [0.717, 1.165) is 16.7 Å². The van der Waals surface area contributed by atoms with Gasteiger partial charge in [0.25, 0.3) is 0 Å². The van der Waals surface area contributed by atoms with E-state index in [4.69, 9.17) is 9.84 Å². The van der Waals surface area contributed by atoms with E-state index in [2.05, 4.69) is 0 Å². The zero-order valence-electron chi connectivity index (χ0n) is 10.5. The molecular formula is C14H18O3. The Hall–Kier alpha value is -1.77. The Morgan fingerprint density at radius 3 is 2.24 bits per heavy atom. The first-order valence-electron chi connectivity index (χ1n) is 5.76. The molecule has 92 valence electrons. The summed E-state index contributed by atoms with van der Waals surface area (Å²) in [6.45, 7) is 6.07. The van der Waals surface area contributed by atoms with Gasteiger partial charge in [0.2, 0.25) is 5.76 Å². The molecule has 0 spiro atoms. The second kappa shape index (κ2) is 6.09. The Bertz CT molecular complexity index is 416. The molecule has 17 heavy (non-hydrogen) atoms. The summed E-state index contributed by atoms with van der Waals surface area (Å²) < 4.78 is 5.22. The van der Waals surface area contributed by atoms with Gasteiger partial charge in [-0.1, -0.05) is 36.8 Å². The third-order valence-corrected chi connectivity index (χ3v) is 2.51. The molecule has 1 N–H and O–H groups in total. The number of carboxylic acid groups (broad SMARTS) is 1. The Balaban J connectivity index is 3.22. The molecule has 1 aromatic rings.